The average Bonchev–Trinajstić information content (AvgIpc) is 3.36. The molecule has 0 radical (unpaired) electrons. The molecule has 23 heavy (non-hydrogen) atoms. The minimum absolute atomic E-state index is 0.0179. The van der Waals surface area contributed by atoms with Gasteiger partial charge >= 0.3 is 0 Å². The van der Waals surface area contributed by atoms with Crippen LogP contribution in [0.3, 0.4) is 0 Å². The minimum atomic E-state index is -0.440. The Morgan fingerprint density at radius 1 is 1.17 bits per heavy atom. The molecule has 3 rings (SSSR count). The number of rotatable bonds is 4. The number of nitrogen functional groups attached to an aromatic ring is 1. The van der Waals surface area contributed by atoms with Crippen LogP contribution in [0.25, 0.3) is 0 Å². The molecule has 1 aliphatic rings. The Balaban J connectivity index is 1.77. The number of carbonyl (C=O) groups excluding carboxylic acids is 2. The van der Waals surface area contributed by atoms with E-state index in [1.807, 2.05) is 19.1 Å². The van der Waals surface area contributed by atoms with E-state index in [0.29, 0.717) is 11.4 Å². The van der Waals surface area contributed by atoms with E-state index in [2.05, 4.69) is 20.6 Å². The molecule has 2 aromatic rings. The van der Waals surface area contributed by atoms with Crippen molar-refractivity contribution in [2.45, 2.75) is 19.8 Å². The van der Waals surface area contributed by atoms with E-state index in [-0.39, 0.29) is 23.3 Å². The monoisotopic (exact) mass is 311 g/mol. The Hall–Kier alpha value is -2.96. The van der Waals surface area contributed by atoms with Crippen LogP contribution in [-0.2, 0) is 4.79 Å². The summed E-state index contributed by atoms with van der Waals surface area (Å²) in [6.07, 6.45) is 4.70. The fourth-order valence-corrected chi connectivity index (χ4v) is 2.13. The molecule has 7 heteroatoms. The third-order valence-electron chi connectivity index (χ3n) is 3.64. The van der Waals surface area contributed by atoms with Gasteiger partial charge in [0, 0.05) is 29.7 Å². The molecular formula is C16H17N5O2. The summed E-state index contributed by atoms with van der Waals surface area (Å²) in [5, 5.41) is 5.61. The van der Waals surface area contributed by atoms with Crippen molar-refractivity contribution in [2.24, 2.45) is 5.92 Å². The first-order chi connectivity index (χ1) is 11.0. The summed E-state index contributed by atoms with van der Waals surface area (Å²) in [5.41, 5.74) is 7.83. The highest BCUT2D eigenvalue weighted by Crippen LogP contribution is 2.30. The van der Waals surface area contributed by atoms with Gasteiger partial charge in [-0.15, -0.1) is 0 Å². The highest BCUT2D eigenvalue weighted by atomic mass is 16.2. The average molecular weight is 311 g/mol. The Labute approximate surface area is 133 Å². The van der Waals surface area contributed by atoms with Gasteiger partial charge in [0.05, 0.1) is 0 Å². The number of aryl methyl sites for hydroxylation is 1. The summed E-state index contributed by atoms with van der Waals surface area (Å²) in [7, 11) is 0. The smallest absolute Gasteiger partial charge is 0.278 e. The van der Waals surface area contributed by atoms with Gasteiger partial charge in [0.25, 0.3) is 5.91 Å². The number of hydrogen-bond acceptors (Lipinski definition) is 5. The summed E-state index contributed by atoms with van der Waals surface area (Å²) in [6, 6.07) is 5.36. The van der Waals surface area contributed by atoms with Gasteiger partial charge in [0.15, 0.2) is 11.5 Å². The van der Waals surface area contributed by atoms with Crippen LogP contribution in [-0.4, -0.2) is 21.8 Å². The number of nitrogens with two attached hydrogens (primary N) is 1. The molecule has 4 N–H and O–H groups in total. The highest BCUT2D eigenvalue weighted by Gasteiger charge is 2.29. The molecule has 0 spiro atoms. The van der Waals surface area contributed by atoms with Gasteiger partial charge in [-0.05, 0) is 37.5 Å². The maximum atomic E-state index is 12.3. The van der Waals surface area contributed by atoms with Crippen molar-refractivity contribution >= 4 is 29.0 Å². The molecule has 1 aromatic carbocycles. The standard InChI is InChI=1S/C16H17N5O2/c1-9-2-5-11(20-15(22)10-3-4-10)8-12(9)21-16(23)13-14(17)19-7-6-18-13/h2,5-8,10H,3-4H2,1H3,(H2,17,19)(H,20,22)(H,21,23). The summed E-state index contributed by atoms with van der Waals surface area (Å²) < 4.78 is 0. The first kappa shape index (κ1) is 15.0. The zero-order chi connectivity index (χ0) is 16.4. The van der Waals surface area contributed by atoms with E-state index >= 15 is 0 Å². The van der Waals surface area contributed by atoms with Crippen molar-refractivity contribution in [3.63, 3.8) is 0 Å². The third-order valence-corrected chi connectivity index (χ3v) is 3.64. The predicted molar refractivity (Wildman–Crippen MR) is 86.9 cm³/mol. The van der Waals surface area contributed by atoms with E-state index in [0.717, 1.165) is 18.4 Å². The lowest BCUT2D eigenvalue weighted by atomic mass is 10.1. The van der Waals surface area contributed by atoms with Gasteiger partial charge in [-0.25, -0.2) is 9.97 Å². The quantitative estimate of drug-likeness (QED) is 0.799. The van der Waals surface area contributed by atoms with Gasteiger partial charge in [-0.2, -0.15) is 0 Å². The first-order valence-corrected chi connectivity index (χ1v) is 7.34. The van der Waals surface area contributed by atoms with Gasteiger partial charge < -0.3 is 16.4 Å². The number of aromatic nitrogens is 2. The molecule has 118 valence electrons. The zero-order valence-corrected chi connectivity index (χ0v) is 12.7. The second-order valence-electron chi connectivity index (χ2n) is 5.54. The van der Waals surface area contributed by atoms with Crippen molar-refractivity contribution in [1.82, 2.24) is 9.97 Å². The van der Waals surface area contributed by atoms with Crippen LogP contribution < -0.4 is 16.4 Å². The number of carbonyl (C=O) groups is 2. The lowest BCUT2D eigenvalue weighted by molar-refractivity contribution is -0.117. The maximum absolute atomic E-state index is 12.3. The van der Waals surface area contributed by atoms with E-state index in [9.17, 15) is 9.59 Å². The summed E-state index contributed by atoms with van der Waals surface area (Å²) in [4.78, 5) is 31.9. The molecule has 1 aliphatic carbocycles. The molecular weight excluding hydrogens is 294 g/mol. The Morgan fingerprint density at radius 3 is 2.61 bits per heavy atom. The van der Waals surface area contributed by atoms with E-state index in [4.69, 9.17) is 5.73 Å². The molecule has 1 fully saturated rings. The van der Waals surface area contributed by atoms with Gasteiger partial charge in [0.2, 0.25) is 5.91 Å². The molecule has 2 amide bonds. The van der Waals surface area contributed by atoms with Crippen LogP contribution in [0.1, 0.15) is 28.9 Å². The van der Waals surface area contributed by atoms with Crippen molar-refractivity contribution in [2.75, 3.05) is 16.4 Å². The number of amides is 2. The molecule has 0 bridgehead atoms. The number of hydrogen-bond donors (Lipinski definition) is 3. The van der Waals surface area contributed by atoms with E-state index in [1.54, 1.807) is 6.07 Å². The van der Waals surface area contributed by atoms with Gasteiger partial charge in [0.1, 0.15) is 0 Å². The summed E-state index contributed by atoms with van der Waals surface area (Å²) >= 11 is 0. The number of nitrogens with one attached hydrogen (secondary N) is 2. The highest BCUT2D eigenvalue weighted by molar-refractivity contribution is 6.06. The SMILES string of the molecule is Cc1ccc(NC(=O)C2CC2)cc1NC(=O)c1nccnc1N. The fourth-order valence-electron chi connectivity index (χ4n) is 2.13. The van der Waals surface area contributed by atoms with Crippen molar-refractivity contribution in [3.05, 3.63) is 41.9 Å². The zero-order valence-electron chi connectivity index (χ0n) is 12.7. The van der Waals surface area contributed by atoms with Crippen LogP contribution in [0.15, 0.2) is 30.6 Å². The Kier molecular flexibility index (Phi) is 3.92. The normalized spacial score (nSPS) is 13.4. The second-order valence-corrected chi connectivity index (χ2v) is 5.54. The van der Waals surface area contributed by atoms with Gasteiger partial charge in [-0.1, -0.05) is 6.07 Å². The van der Waals surface area contributed by atoms with Crippen molar-refractivity contribution in [3.8, 4) is 0 Å². The van der Waals surface area contributed by atoms with Crippen molar-refractivity contribution < 1.29 is 9.59 Å². The largest absolute Gasteiger partial charge is 0.382 e. The summed E-state index contributed by atoms with van der Waals surface area (Å²) in [6.45, 7) is 1.86. The van der Waals surface area contributed by atoms with Crippen LogP contribution in [0.5, 0.6) is 0 Å². The molecule has 0 saturated heterocycles. The fraction of sp³-hybridized carbons (Fsp3) is 0.250. The third kappa shape index (κ3) is 3.45. The van der Waals surface area contributed by atoms with Crippen LogP contribution in [0.2, 0.25) is 0 Å². The maximum Gasteiger partial charge on any atom is 0.278 e. The van der Waals surface area contributed by atoms with Crippen LogP contribution in [0.4, 0.5) is 17.2 Å². The molecule has 0 atom stereocenters. The van der Waals surface area contributed by atoms with Crippen molar-refractivity contribution in [1.29, 1.82) is 0 Å². The molecule has 1 heterocycles. The molecule has 0 unspecified atom stereocenters. The lowest BCUT2D eigenvalue weighted by Crippen LogP contribution is -2.18. The van der Waals surface area contributed by atoms with Crippen LogP contribution in [0, 0.1) is 12.8 Å². The Morgan fingerprint density at radius 2 is 1.91 bits per heavy atom. The number of nitrogens with zero attached hydrogens (tertiary/aromatic N) is 2. The Bertz CT molecular complexity index is 771. The van der Waals surface area contributed by atoms with Crippen LogP contribution >= 0.6 is 0 Å². The number of anilines is 3. The lowest BCUT2D eigenvalue weighted by Gasteiger charge is -2.11. The number of benzene rings is 1. The van der Waals surface area contributed by atoms with E-state index < -0.39 is 5.91 Å². The predicted octanol–water partition coefficient (Wildman–Crippen LogP) is 1.97. The minimum Gasteiger partial charge on any atom is -0.382 e. The van der Waals surface area contributed by atoms with E-state index in [1.165, 1.54) is 12.4 Å². The molecule has 1 aromatic heterocycles. The second kappa shape index (κ2) is 6.04. The molecule has 0 aliphatic heterocycles. The first-order valence-electron chi connectivity index (χ1n) is 7.34. The molecule has 1 saturated carbocycles. The molecule has 7 nitrogen and oxygen atoms in total. The summed E-state index contributed by atoms with van der Waals surface area (Å²) in [5.74, 6) is -0.233. The topological polar surface area (TPSA) is 110 Å². The van der Waals surface area contributed by atoms with Gasteiger partial charge in [-0.3, -0.25) is 9.59 Å².